The number of aryl methyl sites for hydroxylation is 1. The van der Waals surface area contributed by atoms with Gasteiger partial charge in [0.25, 0.3) is 0 Å². The van der Waals surface area contributed by atoms with E-state index < -0.39 is 5.97 Å². The number of nitrogens with zero attached hydrogens (tertiary/aromatic N) is 3. The van der Waals surface area contributed by atoms with Crippen molar-refractivity contribution >= 4 is 11.9 Å². The SMILES string of the molecule is CCNC(=NCc1ccc(OC)c(C(=O)OC)c1)NCc1ccnn1C. The highest BCUT2D eigenvalue weighted by molar-refractivity contribution is 5.92. The first-order valence-corrected chi connectivity index (χ1v) is 8.33. The van der Waals surface area contributed by atoms with Gasteiger partial charge in [0.05, 0.1) is 33.0 Å². The minimum Gasteiger partial charge on any atom is -0.496 e. The minimum atomic E-state index is -0.436. The van der Waals surface area contributed by atoms with Gasteiger partial charge in [0.15, 0.2) is 5.96 Å². The first kappa shape index (κ1) is 19.3. The van der Waals surface area contributed by atoms with Crippen LogP contribution in [0.4, 0.5) is 0 Å². The molecule has 0 bridgehead atoms. The van der Waals surface area contributed by atoms with E-state index in [4.69, 9.17) is 9.47 Å². The van der Waals surface area contributed by atoms with Gasteiger partial charge in [0.2, 0.25) is 0 Å². The van der Waals surface area contributed by atoms with Crippen molar-refractivity contribution in [3.63, 3.8) is 0 Å². The predicted octanol–water partition coefficient (Wildman–Crippen LogP) is 1.47. The summed E-state index contributed by atoms with van der Waals surface area (Å²) in [4.78, 5) is 16.4. The van der Waals surface area contributed by atoms with Gasteiger partial charge in [-0.3, -0.25) is 4.68 Å². The quantitative estimate of drug-likeness (QED) is 0.442. The standard InChI is InChI=1S/C18H25N5O3/c1-5-19-18(21-12-14-8-9-22-23(14)2)20-11-13-6-7-16(25-3)15(10-13)17(24)26-4/h6-10H,5,11-12H2,1-4H3,(H2,19,20,21). The van der Waals surface area contributed by atoms with Crippen LogP contribution in [0.5, 0.6) is 5.75 Å². The van der Waals surface area contributed by atoms with Gasteiger partial charge in [-0.05, 0) is 30.7 Å². The third-order valence-electron chi connectivity index (χ3n) is 3.79. The highest BCUT2D eigenvalue weighted by Crippen LogP contribution is 2.21. The number of aromatic nitrogens is 2. The van der Waals surface area contributed by atoms with E-state index >= 15 is 0 Å². The molecular weight excluding hydrogens is 334 g/mol. The second kappa shape index (κ2) is 9.45. The lowest BCUT2D eigenvalue weighted by Gasteiger charge is -2.12. The minimum absolute atomic E-state index is 0.385. The average Bonchev–Trinajstić information content (AvgIpc) is 3.08. The molecule has 1 heterocycles. The van der Waals surface area contributed by atoms with Gasteiger partial charge in [0.1, 0.15) is 11.3 Å². The van der Waals surface area contributed by atoms with Crippen molar-refractivity contribution in [3.05, 3.63) is 47.3 Å². The maximum Gasteiger partial charge on any atom is 0.341 e. The van der Waals surface area contributed by atoms with Crippen LogP contribution < -0.4 is 15.4 Å². The molecule has 26 heavy (non-hydrogen) atoms. The van der Waals surface area contributed by atoms with E-state index in [1.54, 1.807) is 18.3 Å². The molecule has 0 aliphatic rings. The lowest BCUT2D eigenvalue weighted by atomic mass is 10.1. The number of aliphatic imine (C=N–C) groups is 1. The van der Waals surface area contributed by atoms with Crippen LogP contribution in [0.15, 0.2) is 35.5 Å². The van der Waals surface area contributed by atoms with Crippen molar-refractivity contribution in [1.82, 2.24) is 20.4 Å². The predicted molar refractivity (Wildman–Crippen MR) is 99.2 cm³/mol. The van der Waals surface area contributed by atoms with Gasteiger partial charge in [-0.2, -0.15) is 5.10 Å². The van der Waals surface area contributed by atoms with E-state index in [1.807, 2.05) is 30.8 Å². The third kappa shape index (κ3) is 4.98. The molecule has 0 aliphatic heterocycles. The Morgan fingerprint density at radius 2 is 2.08 bits per heavy atom. The number of carbonyl (C=O) groups is 1. The second-order valence-electron chi connectivity index (χ2n) is 5.52. The number of rotatable bonds is 7. The molecule has 0 radical (unpaired) electrons. The Labute approximate surface area is 153 Å². The van der Waals surface area contributed by atoms with Crippen LogP contribution in [0.25, 0.3) is 0 Å². The number of nitrogens with one attached hydrogen (secondary N) is 2. The maximum atomic E-state index is 11.9. The Morgan fingerprint density at radius 3 is 2.69 bits per heavy atom. The molecule has 2 N–H and O–H groups in total. The van der Waals surface area contributed by atoms with E-state index in [2.05, 4.69) is 20.7 Å². The summed E-state index contributed by atoms with van der Waals surface area (Å²) in [6.45, 7) is 3.77. The van der Waals surface area contributed by atoms with E-state index in [-0.39, 0.29) is 0 Å². The molecule has 8 nitrogen and oxygen atoms in total. The highest BCUT2D eigenvalue weighted by Gasteiger charge is 2.13. The molecule has 0 atom stereocenters. The van der Waals surface area contributed by atoms with Gasteiger partial charge in [-0.25, -0.2) is 9.79 Å². The van der Waals surface area contributed by atoms with E-state index in [0.29, 0.717) is 30.4 Å². The van der Waals surface area contributed by atoms with Crippen molar-refractivity contribution in [1.29, 1.82) is 0 Å². The topological polar surface area (TPSA) is 89.8 Å². The summed E-state index contributed by atoms with van der Waals surface area (Å²) in [5.41, 5.74) is 2.31. The number of ether oxygens (including phenoxy) is 2. The number of benzene rings is 1. The molecule has 8 heteroatoms. The molecule has 2 rings (SSSR count). The first-order chi connectivity index (χ1) is 12.6. The molecule has 0 saturated carbocycles. The molecule has 0 spiro atoms. The van der Waals surface area contributed by atoms with Crippen molar-refractivity contribution in [2.24, 2.45) is 12.0 Å². The molecule has 1 aromatic heterocycles. The van der Waals surface area contributed by atoms with E-state index in [0.717, 1.165) is 17.8 Å². The number of methoxy groups -OCH3 is 2. The Morgan fingerprint density at radius 1 is 1.27 bits per heavy atom. The lowest BCUT2D eigenvalue weighted by molar-refractivity contribution is 0.0597. The molecule has 0 amide bonds. The third-order valence-corrected chi connectivity index (χ3v) is 3.79. The molecule has 0 saturated heterocycles. The van der Waals surface area contributed by atoms with E-state index in [9.17, 15) is 4.79 Å². The summed E-state index contributed by atoms with van der Waals surface area (Å²) in [5.74, 6) is 0.726. The van der Waals surface area contributed by atoms with Gasteiger partial charge < -0.3 is 20.1 Å². The molecule has 2 aromatic rings. The number of hydrogen-bond acceptors (Lipinski definition) is 5. The molecule has 0 unspecified atom stereocenters. The molecule has 0 aliphatic carbocycles. The van der Waals surface area contributed by atoms with Crippen LogP contribution in [0.1, 0.15) is 28.5 Å². The van der Waals surface area contributed by atoms with Crippen LogP contribution in [0.2, 0.25) is 0 Å². The summed E-state index contributed by atoms with van der Waals surface area (Å²) in [5, 5.41) is 10.6. The number of guanidine groups is 1. The zero-order valence-electron chi connectivity index (χ0n) is 15.6. The summed E-state index contributed by atoms with van der Waals surface area (Å²) in [6, 6.07) is 7.30. The van der Waals surface area contributed by atoms with Gasteiger partial charge in [0, 0.05) is 19.8 Å². The molecule has 0 fully saturated rings. The maximum absolute atomic E-state index is 11.9. The Hall–Kier alpha value is -3.03. The first-order valence-electron chi connectivity index (χ1n) is 8.33. The van der Waals surface area contributed by atoms with Gasteiger partial charge in [-0.1, -0.05) is 6.07 Å². The fraction of sp³-hybridized carbons (Fsp3) is 0.389. The van der Waals surface area contributed by atoms with Crippen molar-refractivity contribution in [2.75, 3.05) is 20.8 Å². The largest absolute Gasteiger partial charge is 0.496 e. The van der Waals surface area contributed by atoms with Crippen LogP contribution in [-0.4, -0.2) is 42.5 Å². The molecule has 1 aromatic carbocycles. The van der Waals surface area contributed by atoms with Crippen LogP contribution >= 0.6 is 0 Å². The number of hydrogen-bond donors (Lipinski definition) is 2. The van der Waals surface area contributed by atoms with Crippen LogP contribution in [-0.2, 0) is 24.9 Å². The zero-order valence-corrected chi connectivity index (χ0v) is 15.6. The highest BCUT2D eigenvalue weighted by atomic mass is 16.5. The fourth-order valence-corrected chi connectivity index (χ4v) is 2.38. The lowest BCUT2D eigenvalue weighted by Crippen LogP contribution is -2.37. The number of esters is 1. The van der Waals surface area contributed by atoms with E-state index in [1.165, 1.54) is 14.2 Å². The number of carbonyl (C=O) groups excluding carboxylic acids is 1. The summed E-state index contributed by atoms with van der Waals surface area (Å²) in [6.07, 6.45) is 1.76. The summed E-state index contributed by atoms with van der Waals surface area (Å²) in [7, 11) is 4.76. The normalized spacial score (nSPS) is 11.2. The van der Waals surface area contributed by atoms with Crippen molar-refractivity contribution in [3.8, 4) is 5.75 Å². The Kier molecular flexibility index (Phi) is 7.02. The Balaban J connectivity index is 2.10. The average molecular weight is 359 g/mol. The second-order valence-corrected chi connectivity index (χ2v) is 5.52. The van der Waals surface area contributed by atoms with Crippen LogP contribution in [0, 0.1) is 0 Å². The summed E-state index contributed by atoms with van der Waals surface area (Å²) >= 11 is 0. The zero-order chi connectivity index (χ0) is 18.9. The molecule has 140 valence electrons. The van der Waals surface area contributed by atoms with Crippen LogP contribution in [0.3, 0.4) is 0 Å². The van der Waals surface area contributed by atoms with Gasteiger partial charge in [-0.15, -0.1) is 0 Å². The van der Waals surface area contributed by atoms with Crippen molar-refractivity contribution in [2.45, 2.75) is 20.0 Å². The fourth-order valence-electron chi connectivity index (χ4n) is 2.38. The van der Waals surface area contributed by atoms with Crippen molar-refractivity contribution < 1.29 is 14.3 Å². The smallest absolute Gasteiger partial charge is 0.341 e. The summed E-state index contributed by atoms with van der Waals surface area (Å²) < 4.78 is 11.8. The monoisotopic (exact) mass is 359 g/mol. The molecular formula is C18H25N5O3. The van der Waals surface area contributed by atoms with Gasteiger partial charge >= 0.3 is 5.97 Å². The Bertz CT molecular complexity index is 770.